The summed E-state index contributed by atoms with van der Waals surface area (Å²) in [5.41, 5.74) is 1.92. The minimum Gasteiger partial charge on any atom is -0.466 e. The molecule has 0 saturated heterocycles. The van der Waals surface area contributed by atoms with Crippen molar-refractivity contribution in [1.82, 2.24) is 102 Å². The molecule has 10 heterocycles. The highest BCUT2D eigenvalue weighted by Crippen LogP contribution is 2.26. The van der Waals surface area contributed by atoms with Gasteiger partial charge in [0.15, 0.2) is 18.3 Å². The number of esters is 2. The fourth-order valence-corrected chi connectivity index (χ4v) is 19.6. The number of aromatic nitrogens is 20. The first-order chi connectivity index (χ1) is 65.5. The number of amides is 5. The Balaban J connectivity index is 0.000000202. The van der Waals surface area contributed by atoms with Crippen molar-refractivity contribution in [3.8, 4) is 0 Å². The molecular weight excluding hydrogens is 1910 g/mol. The van der Waals surface area contributed by atoms with E-state index >= 15 is 0 Å². The van der Waals surface area contributed by atoms with Crippen molar-refractivity contribution in [3.05, 3.63) is 133 Å². The van der Waals surface area contributed by atoms with Crippen LogP contribution in [0.4, 0.5) is 25.7 Å². The zero-order valence-corrected chi connectivity index (χ0v) is 82.2. The summed E-state index contributed by atoms with van der Waals surface area (Å²) in [7, 11) is 0. The number of anilines is 5. The molecule has 0 spiro atoms. The molecule has 0 fully saturated rings. The Bertz CT molecular complexity index is 5370. The molecule has 51 heteroatoms. The van der Waals surface area contributed by atoms with Gasteiger partial charge >= 0.3 is 11.9 Å². The van der Waals surface area contributed by atoms with Crippen molar-refractivity contribution < 1.29 is 67.0 Å². The maximum Gasteiger partial charge on any atom is 0.306 e. The average Bonchev–Trinajstić information content (AvgIpc) is 1.77. The molecule has 0 unspecified atom stereocenters. The summed E-state index contributed by atoms with van der Waals surface area (Å²) in [6.45, 7) is 7.47. The third-order valence-corrected chi connectivity index (χ3v) is 26.8. The first-order valence-corrected chi connectivity index (χ1v) is 51.4. The van der Waals surface area contributed by atoms with E-state index in [4.69, 9.17) is 9.47 Å². The molecule has 0 atom stereocenters. The van der Waals surface area contributed by atoms with Crippen molar-refractivity contribution in [3.63, 3.8) is 0 Å². The number of tetrazole rings is 1. The number of Topliss-reactive ketones (excluding diaryl/α,β-unsaturated/α-hetero) is 5. The number of thioether (sulfide) groups is 1. The second-order valence-electron chi connectivity index (χ2n) is 29.8. The number of aliphatic imine (C=N–C) groups is 1. The summed E-state index contributed by atoms with van der Waals surface area (Å²) in [4.78, 5) is 145. The smallest absolute Gasteiger partial charge is 0.306 e. The Labute approximate surface area is 813 Å². The molecule has 1 aliphatic heterocycles. The fraction of sp³-hybridized carbons (Fsp3) is 0.500. The van der Waals surface area contributed by atoms with E-state index in [1.54, 1.807) is 39.5 Å². The number of hydrogen-bond donors (Lipinski definition) is 6. The number of aryl methyl sites for hydroxylation is 8. The van der Waals surface area contributed by atoms with E-state index in [-0.39, 0.29) is 116 Å². The van der Waals surface area contributed by atoms with Crippen molar-refractivity contribution in [2.45, 2.75) is 240 Å². The summed E-state index contributed by atoms with van der Waals surface area (Å²) < 4.78 is 9.61. The molecule has 9 aromatic heterocycles. The number of benzene rings is 2. The maximum atomic E-state index is 12.2. The van der Waals surface area contributed by atoms with Crippen LogP contribution < -0.4 is 26.6 Å². The van der Waals surface area contributed by atoms with Gasteiger partial charge in [-0.15, -0.1) is 131 Å². The van der Waals surface area contributed by atoms with Crippen LogP contribution in [0, 0.1) is 0 Å². The van der Waals surface area contributed by atoms with Gasteiger partial charge in [-0.25, -0.2) is 4.99 Å². The quantitative estimate of drug-likeness (QED) is 0.0152. The van der Waals surface area contributed by atoms with Crippen LogP contribution in [-0.4, -0.2) is 210 Å². The van der Waals surface area contributed by atoms with Crippen LogP contribution in [0.25, 0.3) is 0 Å². The summed E-state index contributed by atoms with van der Waals surface area (Å²) in [5.74, 6) is 1.32. The van der Waals surface area contributed by atoms with Gasteiger partial charge < -0.3 is 45.6 Å². The molecule has 718 valence electrons. The van der Waals surface area contributed by atoms with E-state index in [0.29, 0.717) is 125 Å². The van der Waals surface area contributed by atoms with Crippen molar-refractivity contribution in [1.29, 1.82) is 0 Å². The molecular formula is C84H104N28O14S9. The van der Waals surface area contributed by atoms with Crippen LogP contribution in [0.1, 0.15) is 222 Å². The number of carbonyl (C=O) groups excluding carboxylic acids is 12. The molecule has 11 aromatic rings. The molecule has 6 N–H and O–H groups in total. The van der Waals surface area contributed by atoms with Gasteiger partial charge in [0.25, 0.3) is 0 Å². The lowest BCUT2D eigenvalue weighted by atomic mass is 10.1. The second kappa shape index (κ2) is 61.3. The van der Waals surface area contributed by atoms with Gasteiger partial charge in [-0.2, -0.15) is 22.1 Å². The van der Waals surface area contributed by atoms with Crippen LogP contribution in [-0.2, 0) is 157 Å². The van der Waals surface area contributed by atoms with E-state index in [0.717, 1.165) is 170 Å². The van der Waals surface area contributed by atoms with Gasteiger partial charge in [-0.1, -0.05) is 123 Å². The maximum absolute atomic E-state index is 12.2. The number of hydrogen-bond acceptors (Lipinski definition) is 45. The molecule has 0 bridgehead atoms. The summed E-state index contributed by atoms with van der Waals surface area (Å²) >= 11 is 13.0. The van der Waals surface area contributed by atoms with Gasteiger partial charge in [0.2, 0.25) is 55.2 Å². The Morgan fingerprint density at radius 2 is 0.674 bits per heavy atom. The van der Waals surface area contributed by atoms with Crippen LogP contribution >= 0.6 is 102 Å². The summed E-state index contributed by atoms with van der Waals surface area (Å²) in [5, 5.41) is 112. The number of amidine groups is 1. The highest BCUT2D eigenvalue weighted by Gasteiger charge is 2.21. The monoisotopic (exact) mass is 2020 g/mol. The molecule has 2 aromatic carbocycles. The normalized spacial score (nSPS) is 11.2. The Morgan fingerprint density at radius 3 is 1.06 bits per heavy atom. The predicted molar refractivity (Wildman–Crippen MR) is 513 cm³/mol. The third kappa shape index (κ3) is 45.4. The minimum atomic E-state index is -0.404. The molecule has 0 aliphatic carbocycles. The molecule has 135 heavy (non-hydrogen) atoms. The summed E-state index contributed by atoms with van der Waals surface area (Å²) in [6, 6.07) is 19.2. The molecule has 5 amide bonds. The largest absolute Gasteiger partial charge is 0.466 e. The number of azo groups is 1. The molecule has 0 saturated carbocycles. The number of rotatable bonds is 58. The van der Waals surface area contributed by atoms with Gasteiger partial charge in [0, 0.05) is 89.9 Å². The van der Waals surface area contributed by atoms with Crippen LogP contribution in [0.15, 0.2) is 75.9 Å². The lowest BCUT2D eigenvalue weighted by Crippen LogP contribution is -2.15. The van der Waals surface area contributed by atoms with E-state index in [1.807, 2.05) is 60.7 Å². The zero-order valence-electron chi connectivity index (χ0n) is 74.9. The average molecular weight is 2020 g/mol. The first kappa shape index (κ1) is 107. The van der Waals surface area contributed by atoms with Crippen LogP contribution in [0.2, 0.25) is 0 Å². The van der Waals surface area contributed by atoms with E-state index < -0.39 is 5.97 Å². The highest BCUT2D eigenvalue weighted by atomic mass is 32.2. The highest BCUT2D eigenvalue weighted by molar-refractivity contribution is 7.99. The number of nitrogens with one attached hydrogen (secondary N) is 6. The summed E-state index contributed by atoms with van der Waals surface area (Å²) in [6.07, 6.45) is 18.1. The van der Waals surface area contributed by atoms with Crippen molar-refractivity contribution in [2.24, 2.45) is 15.2 Å². The van der Waals surface area contributed by atoms with E-state index in [9.17, 15) is 57.5 Å². The number of ether oxygens (including phenoxy) is 2. The standard InChI is InChI=1S/C24H24N6O2S3.C23H33N5O4S2.C21H29N5O6S2.C16H18N12O2S2/c31-19(15-17-7-3-1-4-8-17)25-23-29-27-21(34-23)11-13-33-14-12-22-28-30-24(35-22)26-20(32)16-18-9-5-2-6-10-18;1-16(29)9-3-5-11-18(31)15-22-27-25-20(33-22)13-7-8-14-21-26-28-23(34-21)24-19(32)12-6-4-10-17(2)30;1-3-31-19(29)11-9-14(27)13-18-25-23-16(33-18)7-5-6-8-17-24-26-21(34-17)22-15(28)10-12-20(30)32-4-2;29-9(5-10-17-8-18-20-10)6-15-25-23-13(31-15)3-1-2-4-14-24-26-16(32-14)19-12(30)7-11-21-27-28-22-11/h1-10H,11-16H2,(H,25,29,31)(H,26,30,32);3-15H2,1-2H3,(H,24,28,32);3-13H2,1-2H3,(H,22,26,28);1-8H2,(H,19,26,30)(H,21,22,27,28). The number of aromatic amines is 1. The SMILES string of the molecule is CC(=O)CCCCC(=O)Cc1nnc(CCCCc2nnc(NC(=O)CCCCC(C)=O)s2)s1.CCOC(=O)CCC(=O)Cc1nnc(CCCCc2nnc(NC(=O)CCC(=O)OCC)s2)s1.O=C(CC1=NCN=N1)Cc1nnc(CCCCc2nnc(NC(=O)Cc3nn[nH]n3)s2)s1.O=C(Cc1ccccc1)Nc1nnc(CCSCCc2nnc(NC(=O)Cc3ccccc3)s2)s1. The lowest BCUT2D eigenvalue weighted by molar-refractivity contribution is -0.144. The number of nitrogens with zero attached hydrogens (tertiary/aromatic N) is 22. The third-order valence-electron chi connectivity index (χ3n) is 18.3. The Morgan fingerprint density at radius 1 is 0.333 bits per heavy atom. The van der Waals surface area contributed by atoms with Gasteiger partial charge in [-0.3, -0.25) is 47.9 Å². The Kier molecular flexibility index (Phi) is 48.5. The minimum absolute atomic E-state index is 0.00348. The van der Waals surface area contributed by atoms with E-state index in [2.05, 4.69) is 144 Å². The van der Waals surface area contributed by atoms with Crippen molar-refractivity contribution in [2.75, 3.05) is 58.0 Å². The first-order valence-electron chi connectivity index (χ1n) is 43.7. The molecule has 0 radical (unpaired) electrons. The Hall–Kier alpha value is -11.8. The van der Waals surface area contributed by atoms with Gasteiger partial charge in [-0.05, 0) is 115 Å². The van der Waals surface area contributed by atoms with Gasteiger partial charge in [0.05, 0.1) is 71.0 Å². The second-order valence-corrected chi connectivity index (χ2v) is 39.8. The number of carbonyl (C=O) groups is 12. The molecule has 42 nitrogen and oxygen atoms in total. The van der Waals surface area contributed by atoms with Crippen molar-refractivity contribution >= 4 is 204 Å². The molecule has 12 rings (SSSR count). The number of H-pyrrole nitrogens is 1. The van der Waals surface area contributed by atoms with Crippen LogP contribution in [0.3, 0.4) is 0 Å². The number of ketones is 5. The molecule has 1 aliphatic rings. The lowest BCUT2D eigenvalue weighted by Gasteiger charge is -2.01. The predicted octanol–water partition coefficient (Wildman–Crippen LogP) is 12.2. The fourth-order valence-electron chi connectivity index (χ4n) is 11.9. The van der Waals surface area contributed by atoms with E-state index in [1.165, 1.54) is 90.7 Å². The number of unbranched alkanes of at least 4 members (excludes halogenated alkanes) is 5. The van der Waals surface area contributed by atoms with Gasteiger partial charge in [0.1, 0.15) is 84.0 Å². The zero-order chi connectivity index (χ0) is 96.0. The topological polar surface area (TPSA) is 581 Å². The van der Waals surface area contributed by atoms with Crippen LogP contribution in [0.5, 0.6) is 0 Å².